The van der Waals surface area contributed by atoms with Gasteiger partial charge in [-0.25, -0.2) is 0 Å². The molecular weight excluding hydrogens is 398 g/mol. The zero-order valence-electron chi connectivity index (χ0n) is 19.5. The number of aromatic amines is 1. The third-order valence-corrected chi connectivity index (χ3v) is 7.63. The van der Waals surface area contributed by atoms with E-state index >= 15 is 0 Å². The Bertz CT molecular complexity index is 930. The van der Waals surface area contributed by atoms with Gasteiger partial charge in [-0.1, -0.05) is 25.0 Å². The summed E-state index contributed by atoms with van der Waals surface area (Å²) in [5.74, 6) is 0.522. The number of anilines is 1. The highest BCUT2D eigenvalue weighted by Crippen LogP contribution is 2.32. The number of nitrogens with one attached hydrogen (secondary N) is 1. The first-order valence-electron chi connectivity index (χ1n) is 12.6. The van der Waals surface area contributed by atoms with Crippen LogP contribution >= 0.6 is 0 Å². The van der Waals surface area contributed by atoms with Crippen molar-refractivity contribution in [2.24, 2.45) is 0 Å². The maximum absolute atomic E-state index is 13.3. The summed E-state index contributed by atoms with van der Waals surface area (Å²) in [6.45, 7) is 9.33. The molecule has 1 atom stereocenters. The van der Waals surface area contributed by atoms with Crippen molar-refractivity contribution < 1.29 is 4.79 Å². The van der Waals surface area contributed by atoms with Gasteiger partial charge in [0, 0.05) is 50.9 Å². The summed E-state index contributed by atoms with van der Waals surface area (Å²) in [6, 6.07) is 7.04. The predicted molar refractivity (Wildman–Crippen MR) is 128 cm³/mol. The van der Waals surface area contributed by atoms with E-state index in [4.69, 9.17) is 0 Å². The van der Waals surface area contributed by atoms with Crippen LogP contribution in [0.25, 0.3) is 0 Å². The molecule has 2 fully saturated rings. The van der Waals surface area contributed by atoms with Gasteiger partial charge in [-0.2, -0.15) is 5.10 Å². The first kappa shape index (κ1) is 21.5. The van der Waals surface area contributed by atoms with Crippen molar-refractivity contribution in [2.75, 3.05) is 44.2 Å². The average molecular weight is 436 g/mol. The Labute approximate surface area is 192 Å². The van der Waals surface area contributed by atoms with Crippen LogP contribution in [-0.4, -0.2) is 65.2 Å². The molecule has 1 N–H and O–H groups in total. The van der Waals surface area contributed by atoms with Crippen LogP contribution in [0.3, 0.4) is 0 Å². The molecule has 0 radical (unpaired) electrons. The smallest absolute Gasteiger partial charge is 0.257 e. The molecule has 1 amide bonds. The number of fused-ring (bicyclic) bond motifs is 1. The van der Waals surface area contributed by atoms with Crippen LogP contribution in [0.1, 0.15) is 78.5 Å². The summed E-state index contributed by atoms with van der Waals surface area (Å²) in [5.41, 5.74) is 6.18. The van der Waals surface area contributed by atoms with Crippen LogP contribution < -0.4 is 4.90 Å². The number of carbonyl (C=O) groups excluding carboxylic acids is 1. The van der Waals surface area contributed by atoms with Gasteiger partial charge in [0.15, 0.2) is 0 Å². The number of benzene rings is 1. The Morgan fingerprint density at radius 2 is 1.94 bits per heavy atom. The summed E-state index contributed by atoms with van der Waals surface area (Å²) in [5, 5.41) is 7.52. The van der Waals surface area contributed by atoms with Crippen LogP contribution in [0.2, 0.25) is 0 Å². The zero-order valence-corrected chi connectivity index (χ0v) is 19.5. The fourth-order valence-corrected chi connectivity index (χ4v) is 5.87. The van der Waals surface area contributed by atoms with Crippen molar-refractivity contribution in [3.05, 3.63) is 46.8 Å². The van der Waals surface area contributed by atoms with E-state index in [0.29, 0.717) is 5.92 Å². The van der Waals surface area contributed by atoms with E-state index < -0.39 is 0 Å². The molecular formula is C26H37N5O. The maximum Gasteiger partial charge on any atom is 0.257 e. The fraction of sp³-hybridized carbons (Fsp3) is 0.615. The number of hydrogen-bond acceptors (Lipinski definition) is 4. The number of piperidine rings is 1. The molecule has 0 unspecified atom stereocenters. The summed E-state index contributed by atoms with van der Waals surface area (Å²) in [7, 11) is 0. The van der Waals surface area contributed by atoms with E-state index in [1.807, 2.05) is 4.90 Å². The molecule has 0 spiro atoms. The van der Waals surface area contributed by atoms with Crippen molar-refractivity contribution in [1.29, 1.82) is 0 Å². The van der Waals surface area contributed by atoms with E-state index in [9.17, 15) is 4.79 Å². The van der Waals surface area contributed by atoms with Crippen LogP contribution in [0.4, 0.5) is 5.69 Å². The molecule has 32 heavy (non-hydrogen) atoms. The molecule has 3 aliphatic heterocycles. The molecule has 2 saturated heterocycles. The number of carbonyl (C=O) groups is 1. The van der Waals surface area contributed by atoms with Crippen molar-refractivity contribution >= 4 is 11.6 Å². The Hall–Kier alpha value is -2.34. The molecule has 6 heteroatoms. The molecule has 1 aromatic carbocycles. The second kappa shape index (κ2) is 9.65. The van der Waals surface area contributed by atoms with Crippen LogP contribution in [0, 0.1) is 0 Å². The van der Waals surface area contributed by atoms with E-state index in [0.717, 1.165) is 89.2 Å². The van der Waals surface area contributed by atoms with Gasteiger partial charge < -0.3 is 9.80 Å². The Morgan fingerprint density at radius 3 is 2.75 bits per heavy atom. The topological polar surface area (TPSA) is 55.5 Å². The lowest BCUT2D eigenvalue weighted by Crippen LogP contribution is -2.36. The number of amides is 1. The minimum absolute atomic E-state index is 0.173. The van der Waals surface area contributed by atoms with E-state index in [2.05, 4.69) is 45.1 Å². The van der Waals surface area contributed by atoms with Crippen molar-refractivity contribution in [3.8, 4) is 0 Å². The molecule has 1 aromatic heterocycles. The third kappa shape index (κ3) is 4.42. The first-order valence-corrected chi connectivity index (χ1v) is 12.6. The van der Waals surface area contributed by atoms with Gasteiger partial charge in [-0.05, 0) is 62.8 Å². The summed E-state index contributed by atoms with van der Waals surface area (Å²) in [4.78, 5) is 20.3. The van der Waals surface area contributed by atoms with Crippen molar-refractivity contribution in [3.63, 3.8) is 0 Å². The van der Waals surface area contributed by atoms with Crippen LogP contribution in [-0.2, 0) is 13.0 Å². The minimum atomic E-state index is 0.173. The number of rotatable bonds is 5. The molecule has 0 bridgehead atoms. The highest BCUT2D eigenvalue weighted by molar-refractivity contribution is 5.95. The minimum Gasteiger partial charge on any atom is -0.371 e. The molecule has 3 aliphatic rings. The average Bonchev–Trinajstić information content (AvgIpc) is 3.38. The van der Waals surface area contributed by atoms with Gasteiger partial charge in [0.1, 0.15) is 0 Å². The SMILES string of the molecule is CCN1CCc2cc(CN3CCC[C@H](c4[nH]ncc4C(=O)N4CCCCCC4)C3)ccc21. The second-order valence-corrected chi connectivity index (χ2v) is 9.77. The van der Waals surface area contributed by atoms with E-state index in [1.54, 1.807) is 6.20 Å². The molecule has 0 aliphatic carbocycles. The van der Waals surface area contributed by atoms with Gasteiger partial charge in [-0.15, -0.1) is 0 Å². The Kier molecular flexibility index (Phi) is 6.49. The lowest BCUT2D eigenvalue weighted by atomic mass is 9.92. The number of likely N-dealkylation sites (tertiary alicyclic amines) is 2. The monoisotopic (exact) mass is 435 g/mol. The van der Waals surface area contributed by atoms with Gasteiger partial charge >= 0.3 is 0 Å². The summed E-state index contributed by atoms with van der Waals surface area (Å²) >= 11 is 0. The number of nitrogens with zero attached hydrogens (tertiary/aromatic N) is 4. The second-order valence-electron chi connectivity index (χ2n) is 9.77. The molecule has 172 valence electrons. The third-order valence-electron chi connectivity index (χ3n) is 7.63. The lowest BCUT2D eigenvalue weighted by Gasteiger charge is -2.33. The number of aromatic nitrogens is 2. The molecule has 2 aromatic rings. The zero-order chi connectivity index (χ0) is 21.9. The number of hydrogen-bond donors (Lipinski definition) is 1. The molecule has 5 rings (SSSR count). The summed E-state index contributed by atoms with van der Waals surface area (Å²) in [6.07, 6.45) is 9.92. The summed E-state index contributed by atoms with van der Waals surface area (Å²) < 4.78 is 0. The van der Waals surface area contributed by atoms with Gasteiger partial charge in [0.2, 0.25) is 0 Å². The Morgan fingerprint density at radius 1 is 1.09 bits per heavy atom. The lowest BCUT2D eigenvalue weighted by molar-refractivity contribution is 0.0759. The van der Waals surface area contributed by atoms with Crippen LogP contribution in [0.15, 0.2) is 24.4 Å². The van der Waals surface area contributed by atoms with Gasteiger partial charge in [0.05, 0.1) is 17.5 Å². The van der Waals surface area contributed by atoms with Crippen molar-refractivity contribution in [2.45, 2.75) is 64.3 Å². The van der Waals surface area contributed by atoms with E-state index in [1.165, 1.54) is 29.7 Å². The standard InChI is InChI=1S/C26H37N5O/c1-2-30-15-11-21-16-20(9-10-24(21)30)18-29-12-7-8-22(19-29)25-23(17-27-28-25)26(32)31-13-5-3-4-6-14-31/h9-10,16-17,22H,2-8,11-15,18-19H2,1H3,(H,27,28)/t22-/m0/s1. The highest BCUT2D eigenvalue weighted by Gasteiger charge is 2.29. The van der Waals surface area contributed by atoms with Crippen molar-refractivity contribution in [1.82, 2.24) is 20.0 Å². The first-order chi connectivity index (χ1) is 15.7. The van der Waals surface area contributed by atoms with Gasteiger partial charge in [0.25, 0.3) is 5.91 Å². The molecule has 0 saturated carbocycles. The maximum atomic E-state index is 13.3. The van der Waals surface area contributed by atoms with Crippen LogP contribution in [0.5, 0.6) is 0 Å². The largest absolute Gasteiger partial charge is 0.371 e. The Balaban J connectivity index is 1.26. The molecule has 4 heterocycles. The van der Waals surface area contributed by atoms with Gasteiger partial charge in [-0.3, -0.25) is 14.8 Å². The predicted octanol–water partition coefficient (Wildman–Crippen LogP) is 4.19. The fourth-order valence-electron chi connectivity index (χ4n) is 5.87. The molecule has 6 nitrogen and oxygen atoms in total. The van der Waals surface area contributed by atoms with E-state index in [-0.39, 0.29) is 5.91 Å². The number of H-pyrrole nitrogens is 1. The number of likely N-dealkylation sites (N-methyl/N-ethyl adjacent to an activating group) is 1. The normalized spacial score (nSPS) is 22.1. The highest BCUT2D eigenvalue weighted by atomic mass is 16.2. The quantitative estimate of drug-likeness (QED) is 0.765.